The minimum Gasteiger partial charge on any atom is -0.335 e. The quantitative estimate of drug-likeness (QED) is 0.870. The molecule has 0 radical (unpaired) electrons. The molecule has 0 bridgehead atoms. The van der Waals surface area contributed by atoms with Gasteiger partial charge in [-0.2, -0.15) is 0 Å². The van der Waals surface area contributed by atoms with Crippen LogP contribution in [0.5, 0.6) is 0 Å². The second kappa shape index (κ2) is 8.70. The molecule has 2 aromatic rings. The molecule has 2 amide bonds. The summed E-state index contributed by atoms with van der Waals surface area (Å²) in [5.74, 6) is 1.47. The molecule has 0 spiro atoms. The molecule has 134 valence electrons. The number of unbranched alkanes of at least 4 members (excludes halogenated alkanes) is 1. The number of benzene rings is 1. The molecule has 0 aliphatic carbocycles. The molecule has 5 heteroatoms. The van der Waals surface area contributed by atoms with Gasteiger partial charge in [0.15, 0.2) is 0 Å². The normalized spacial score (nSPS) is 17.5. The van der Waals surface area contributed by atoms with Crippen molar-refractivity contribution in [3.63, 3.8) is 0 Å². The van der Waals surface area contributed by atoms with Crippen molar-refractivity contribution in [3.05, 3.63) is 54.1 Å². The third kappa shape index (κ3) is 4.62. The second-order valence-corrected chi connectivity index (χ2v) is 6.76. The van der Waals surface area contributed by atoms with E-state index in [1.54, 1.807) is 0 Å². The molecule has 25 heavy (non-hydrogen) atoms. The number of imidazole rings is 1. The van der Waals surface area contributed by atoms with Gasteiger partial charge >= 0.3 is 6.03 Å². The van der Waals surface area contributed by atoms with Crippen LogP contribution in [-0.2, 0) is 13.1 Å². The fourth-order valence-electron chi connectivity index (χ4n) is 3.46. The van der Waals surface area contributed by atoms with Crippen molar-refractivity contribution in [1.29, 1.82) is 0 Å². The number of nitrogens with zero attached hydrogens (tertiary/aromatic N) is 3. The highest BCUT2D eigenvalue weighted by molar-refractivity contribution is 5.74. The van der Waals surface area contributed by atoms with Crippen molar-refractivity contribution in [2.24, 2.45) is 0 Å². The number of rotatable bonds is 6. The molecular weight excluding hydrogens is 312 g/mol. The maximum absolute atomic E-state index is 12.5. The molecule has 2 heterocycles. The van der Waals surface area contributed by atoms with Crippen LogP contribution in [0.25, 0.3) is 0 Å². The van der Waals surface area contributed by atoms with E-state index in [-0.39, 0.29) is 6.03 Å². The van der Waals surface area contributed by atoms with Crippen molar-refractivity contribution >= 4 is 6.03 Å². The minimum atomic E-state index is 0.0280. The van der Waals surface area contributed by atoms with Crippen LogP contribution in [0.2, 0.25) is 0 Å². The SMILES string of the molecule is CCCCn1ccnc1[C@H]1CCCN(C(=O)NCc2ccccc2)C1. The van der Waals surface area contributed by atoms with Crippen molar-refractivity contribution in [3.8, 4) is 0 Å². The van der Waals surface area contributed by atoms with Crippen molar-refractivity contribution in [2.45, 2.75) is 51.6 Å². The van der Waals surface area contributed by atoms with Gasteiger partial charge in [0.25, 0.3) is 0 Å². The number of hydrogen-bond donors (Lipinski definition) is 1. The first-order valence-electron chi connectivity index (χ1n) is 9.35. The van der Waals surface area contributed by atoms with E-state index in [0.717, 1.165) is 50.3 Å². The number of amides is 2. The summed E-state index contributed by atoms with van der Waals surface area (Å²) in [7, 11) is 0. The van der Waals surface area contributed by atoms with Gasteiger partial charge < -0.3 is 14.8 Å². The Bertz CT molecular complexity index is 667. The molecular formula is C20H28N4O. The van der Waals surface area contributed by atoms with Crippen LogP contribution in [0.1, 0.15) is 49.9 Å². The largest absolute Gasteiger partial charge is 0.335 e. The molecule has 1 N–H and O–H groups in total. The molecule has 1 saturated heterocycles. The topological polar surface area (TPSA) is 50.2 Å². The van der Waals surface area contributed by atoms with Crippen LogP contribution >= 0.6 is 0 Å². The summed E-state index contributed by atoms with van der Waals surface area (Å²) in [6.07, 6.45) is 8.43. The Labute approximate surface area is 150 Å². The lowest BCUT2D eigenvalue weighted by molar-refractivity contribution is 0.177. The van der Waals surface area contributed by atoms with Crippen LogP contribution < -0.4 is 5.32 Å². The van der Waals surface area contributed by atoms with Gasteiger partial charge in [0.1, 0.15) is 5.82 Å². The predicted octanol–water partition coefficient (Wildman–Crippen LogP) is 3.77. The Balaban J connectivity index is 1.57. The highest BCUT2D eigenvalue weighted by Crippen LogP contribution is 2.26. The number of hydrogen-bond acceptors (Lipinski definition) is 2. The number of carbonyl (C=O) groups excluding carboxylic acids is 1. The molecule has 1 atom stereocenters. The molecule has 1 aromatic carbocycles. The maximum Gasteiger partial charge on any atom is 0.317 e. The average Bonchev–Trinajstić information content (AvgIpc) is 3.14. The maximum atomic E-state index is 12.5. The summed E-state index contributed by atoms with van der Waals surface area (Å²) in [6, 6.07) is 10.1. The first-order chi connectivity index (χ1) is 12.3. The van der Waals surface area contributed by atoms with Crippen LogP contribution in [0.15, 0.2) is 42.7 Å². The lowest BCUT2D eigenvalue weighted by Gasteiger charge is -2.32. The standard InChI is InChI=1S/C20H28N4O/c1-2-3-12-23-14-11-21-19(23)18-10-7-13-24(16-18)20(25)22-15-17-8-5-4-6-9-17/h4-6,8-9,11,14,18H,2-3,7,10,12-13,15-16H2,1H3,(H,22,25)/t18-/m0/s1. The van der Waals surface area contributed by atoms with E-state index in [4.69, 9.17) is 0 Å². The first kappa shape index (κ1) is 17.5. The van der Waals surface area contributed by atoms with Crippen molar-refractivity contribution in [1.82, 2.24) is 19.8 Å². The minimum absolute atomic E-state index is 0.0280. The number of carbonyl (C=O) groups is 1. The number of aromatic nitrogens is 2. The summed E-state index contributed by atoms with van der Waals surface area (Å²) in [5, 5.41) is 3.04. The number of piperidine rings is 1. The summed E-state index contributed by atoms with van der Waals surface area (Å²) in [4.78, 5) is 19.1. The van der Waals surface area contributed by atoms with Gasteiger partial charge in [0, 0.05) is 44.5 Å². The lowest BCUT2D eigenvalue weighted by atomic mass is 9.97. The molecule has 1 fully saturated rings. The van der Waals surface area contributed by atoms with Gasteiger partial charge in [-0.15, -0.1) is 0 Å². The smallest absolute Gasteiger partial charge is 0.317 e. The van der Waals surface area contributed by atoms with E-state index < -0.39 is 0 Å². The first-order valence-corrected chi connectivity index (χ1v) is 9.35. The van der Waals surface area contributed by atoms with Gasteiger partial charge in [-0.25, -0.2) is 9.78 Å². The van der Waals surface area contributed by atoms with E-state index in [9.17, 15) is 4.79 Å². The Hall–Kier alpha value is -2.30. The molecule has 0 saturated carbocycles. The van der Waals surface area contributed by atoms with Gasteiger partial charge in [0.05, 0.1) is 0 Å². The van der Waals surface area contributed by atoms with Gasteiger partial charge in [0.2, 0.25) is 0 Å². The highest BCUT2D eigenvalue weighted by Gasteiger charge is 2.27. The summed E-state index contributed by atoms with van der Waals surface area (Å²) < 4.78 is 2.26. The monoisotopic (exact) mass is 340 g/mol. The number of nitrogens with one attached hydrogen (secondary N) is 1. The fraction of sp³-hybridized carbons (Fsp3) is 0.500. The van der Waals surface area contributed by atoms with E-state index in [0.29, 0.717) is 12.5 Å². The number of urea groups is 1. The Morgan fingerprint density at radius 2 is 2.16 bits per heavy atom. The zero-order chi connectivity index (χ0) is 17.5. The van der Waals surface area contributed by atoms with Crippen LogP contribution in [0.4, 0.5) is 4.79 Å². The van der Waals surface area contributed by atoms with E-state index in [2.05, 4.69) is 28.0 Å². The Kier molecular flexibility index (Phi) is 6.09. The summed E-state index contributed by atoms with van der Waals surface area (Å²) in [6.45, 7) is 5.38. The van der Waals surface area contributed by atoms with E-state index >= 15 is 0 Å². The Morgan fingerprint density at radius 3 is 2.96 bits per heavy atom. The predicted molar refractivity (Wildman–Crippen MR) is 99.4 cm³/mol. The molecule has 3 rings (SSSR count). The van der Waals surface area contributed by atoms with Crippen LogP contribution in [-0.4, -0.2) is 33.6 Å². The van der Waals surface area contributed by atoms with Gasteiger partial charge in [-0.1, -0.05) is 43.7 Å². The summed E-state index contributed by atoms with van der Waals surface area (Å²) in [5.41, 5.74) is 1.12. The number of aryl methyl sites for hydroxylation is 1. The third-order valence-corrected chi connectivity index (χ3v) is 4.86. The highest BCUT2D eigenvalue weighted by atomic mass is 16.2. The third-order valence-electron chi connectivity index (χ3n) is 4.86. The van der Waals surface area contributed by atoms with Gasteiger partial charge in [-0.3, -0.25) is 0 Å². The fourth-order valence-corrected chi connectivity index (χ4v) is 3.46. The molecule has 0 unspecified atom stereocenters. The van der Waals surface area contributed by atoms with Crippen LogP contribution in [0, 0.1) is 0 Å². The molecule has 1 aliphatic rings. The van der Waals surface area contributed by atoms with E-state index in [1.165, 1.54) is 6.42 Å². The average molecular weight is 340 g/mol. The molecule has 1 aromatic heterocycles. The zero-order valence-electron chi connectivity index (χ0n) is 15.0. The number of likely N-dealkylation sites (tertiary alicyclic amines) is 1. The summed E-state index contributed by atoms with van der Waals surface area (Å²) >= 11 is 0. The van der Waals surface area contributed by atoms with E-state index in [1.807, 2.05) is 41.4 Å². The Morgan fingerprint density at radius 1 is 1.32 bits per heavy atom. The van der Waals surface area contributed by atoms with Crippen LogP contribution in [0.3, 0.4) is 0 Å². The zero-order valence-corrected chi connectivity index (χ0v) is 15.0. The molecule has 1 aliphatic heterocycles. The van der Waals surface area contributed by atoms with Crippen molar-refractivity contribution in [2.75, 3.05) is 13.1 Å². The second-order valence-electron chi connectivity index (χ2n) is 6.76. The lowest BCUT2D eigenvalue weighted by Crippen LogP contribution is -2.45. The van der Waals surface area contributed by atoms with Crippen molar-refractivity contribution < 1.29 is 4.79 Å². The van der Waals surface area contributed by atoms with Gasteiger partial charge in [-0.05, 0) is 24.8 Å². The molecule has 5 nitrogen and oxygen atoms in total.